The molecule has 4 nitrogen and oxygen atoms in total. The molecule has 0 saturated heterocycles. The summed E-state index contributed by atoms with van der Waals surface area (Å²) in [5, 5.41) is 10.2. The molecule has 15 heavy (non-hydrogen) atoms. The number of carbonyl (C=O) groups is 1. The average Bonchev–Trinajstić information content (AvgIpc) is 2.16. The first-order valence-electron chi connectivity index (χ1n) is 4.11. The van der Waals surface area contributed by atoms with E-state index >= 15 is 0 Å². The SMILES string of the molecule is O=CN(O)CCOc1cc(Cl)cc(Cl)c1. The molecule has 1 aromatic rings. The Labute approximate surface area is 96.9 Å². The van der Waals surface area contributed by atoms with Gasteiger partial charge in [0.05, 0.1) is 6.54 Å². The maximum absolute atomic E-state index is 10.0. The Kier molecular flexibility index (Phi) is 4.68. The molecule has 0 saturated carbocycles. The second-order valence-electron chi connectivity index (χ2n) is 2.72. The lowest BCUT2D eigenvalue weighted by molar-refractivity contribution is -0.150. The van der Waals surface area contributed by atoms with Crippen molar-refractivity contribution in [2.75, 3.05) is 13.2 Å². The largest absolute Gasteiger partial charge is 0.492 e. The third-order valence-corrected chi connectivity index (χ3v) is 1.98. The van der Waals surface area contributed by atoms with Crippen LogP contribution in [0.4, 0.5) is 0 Å². The van der Waals surface area contributed by atoms with Gasteiger partial charge in [-0.1, -0.05) is 23.2 Å². The summed E-state index contributed by atoms with van der Waals surface area (Å²) in [6, 6.07) is 4.77. The van der Waals surface area contributed by atoms with Gasteiger partial charge < -0.3 is 4.74 Å². The van der Waals surface area contributed by atoms with Crippen molar-refractivity contribution in [3.63, 3.8) is 0 Å². The number of hydrogen-bond acceptors (Lipinski definition) is 3. The normalized spacial score (nSPS) is 9.80. The highest BCUT2D eigenvalue weighted by Crippen LogP contribution is 2.23. The first-order valence-corrected chi connectivity index (χ1v) is 4.87. The van der Waals surface area contributed by atoms with E-state index in [1.807, 2.05) is 0 Å². The van der Waals surface area contributed by atoms with E-state index in [4.69, 9.17) is 33.1 Å². The maximum Gasteiger partial charge on any atom is 0.233 e. The second kappa shape index (κ2) is 5.80. The number of nitrogens with zero attached hydrogens (tertiary/aromatic N) is 1. The van der Waals surface area contributed by atoms with Gasteiger partial charge in [-0.25, -0.2) is 5.06 Å². The van der Waals surface area contributed by atoms with Gasteiger partial charge in [-0.05, 0) is 18.2 Å². The molecular weight excluding hydrogens is 241 g/mol. The first kappa shape index (κ1) is 12.1. The summed E-state index contributed by atoms with van der Waals surface area (Å²) in [5.41, 5.74) is 0. The molecule has 0 unspecified atom stereocenters. The lowest BCUT2D eigenvalue weighted by atomic mass is 10.3. The summed E-state index contributed by atoms with van der Waals surface area (Å²) in [6.45, 7) is 0.236. The molecule has 0 aliphatic heterocycles. The third kappa shape index (κ3) is 4.38. The molecule has 0 heterocycles. The average molecular weight is 250 g/mol. The van der Waals surface area contributed by atoms with Crippen molar-refractivity contribution < 1.29 is 14.7 Å². The highest BCUT2D eigenvalue weighted by atomic mass is 35.5. The molecule has 0 bridgehead atoms. The number of halogens is 2. The molecular formula is C9H9Cl2NO3. The minimum absolute atomic E-state index is 0.0770. The van der Waals surface area contributed by atoms with E-state index < -0.39 is 0 Å². The van der Waals surface area contributed by atoms with Gasteiger partial charge >= 0.3 is 0 Å². The standard InChI is InChI=1S/C9H9Cl2NO3/c10-7-3-8(11)5-9(4-7)15-2-1-12(14)6-13/h3-6,14H,1-2H2. The van der Waals surface area contributed by atoms with E-state index in [2.05, 4.69) is 0 Å². The van der Waals surface area contributed by atoms with Crippen molar-refractivity contribution >= 4 is 29.6 Å². The van der Waals surface area contributed by atoms with E-state index in [1.54, 1.807) is 18.2 Å². The fourth-order valence-corrected chi connectivity index (χ4v) is 1.43. The predicted molar refractivity (Wildman–Crippen MR) is 56.5 cm³/mol. The van der Waals surface area contributed by atoms with Gasteiger partial charge in [0, 0.05) is 10.0 Å². The zero-order valence-electron chi connectivity index (χ0n) is 7.69. The molecule has 1 rings (SSSR count). The highest BCUT2D eigenvalue weighted by molar-refractivity contribution is 6.34. The van der Waals surface area contributed by atoms with Crippen molar-refractivity contribution in [2.45, 2.75) is 0 Å². The molecule has 0 aromatic heterocycles. The van der Waals surface area contributed by atoms with E-state index in [0.717, 1.165) is 0 Å². The zero-order chi connectivity index (χ0) is 11.3. The Balaban J connectivity index is 2.47. The molecule has 0 radical (unpaired) electrons. The van der Waals surface area contributed by atoms with Crippen LogP contribution in [0.5, 0.6) is 5.75 Å². The zero-order valence-corrected chi connectivity index (χ0v) is 9.20. The van der Waals surface area contributed by atoms with Gasteiger partial charge in [0.25, 0.3) is 0 Å². The number of benzene rings is 1. The second-order valence-corrected chi connectivity index (χ2v) is 3.59. The minimum atomic E-state index is 0.0770. The Morgan fingerprint density at radius 3 is 2.47 bits per heavy atom. The fraction of sp³-hybridized carbons (Fsp3) is 0.222. The van der Waals surface area contributed by atoms with Crippen LogP contribution in [0.2, 0.25) is 10.0 Å². The molecule has 0 aliphatic carbocycles. The van der Waals surface area contributed by atoms with Crippen LogP contribution in [0.1, 0.15) is 0 Å². The molecule has 6 heteroatoms. The number of ether oxygens (including phenoxy) is 1. The number of hydrogen-bond donors (Lipinski definition) is 1. The Morgan fingerprint density at radius 2 is 1.93 bits per heavy atom. The van der Waals surface area contributed by atoms with Gasteiger partial charge in [-0.3, -0.25) is 10.0 Å². The van der Waals surface area contributed by atoms with Crippen molar-refractivity contribution in [1.82, 2.24) is 5.06 Å². The molecule has 0 fully saturated rings. The van der Waals surface area contributed by atoms with Crippen molar-refractivity contribution in [1.29, 1.82) is 0 Å². The first-order chi connectivity index (χ1) is 7.11. The van der Waals surface area contributed by atoms with E-state index in [1.165, 1.54) is 0 Å². The molecule has 82 valence electrons. The lowest BCUT2D eigenvalue weighted by Crippen LogP contribution is -2.23. The summed E-state index contributed by atoms with van der Waals surface area (Å²) < 4.78 is 5.21. The van der Waals surface area contributed by atoms with Gasteiger partial charge in [-0.15, -0.1) is 0 Å². The molecule has 1 N–H and O–H groups in total. The Bertz CT molecular complexity index is 326. The van der Waals surface area contributed by atoms with Crippen LogP contribution in [0.15, 0.2) is 18.2 Å². The third-order valence-electron chi connectivity index (χ3n) is 1.55. The number of amides is 1. The number of rotatable bonds is 5. The Morgan fingerprint density at radius 1 is 1.33 bits per heavy atom. The van der Waals surface area contributed by atoms with Crippen LogP contribution >= 0.6 is 23.2 Å². The molecule has 0 atom stereocenters. The summed E-state index contributed by atoms with van der Waals surface area (Å²) in [4.78, 5) is 10.0. The molecule has 0 spiro atoms. The van der Waals surface area contributed by atoms with E-state index in [9.17, 15) is 4.79 Å². The molecule has 1 aromatic carbocycles. The van der Waals surface area contributed by atoms with Crippen molar-refractivity contribution in [3.8, 4) is 5.75 Å². The fourth-order valence-electron chi connectivity index (χ4n) is 0.922. The Hall–Kier alpha value is -0.970. The van der Waals surface area contributed by atoms with E-state index in [0.29, 0.717) is 27.3 Å². The summed E-state index contributed by atoms with van der Waals surface area (Å²) in [7, 11) is 0. The maximum atomic E-state index is 10.0. The van der Waals surface area contributed by atoms with Crippen molar-refractivity contribution in [2.24, 2.45) is 0 Å². The van der Waals surface area contributed by atoms with Crippen LogP contribution < -0.4 is 4.74 Å². The summed E-state index contributed by atoms with van der Waals surface area (Å²) in [6.07, 6.45) is 0.300. The van der Waals surface area contributed by atoms with Crippen molar-refractivity contribution in [3.05, 3.63) is 28.2 Å². The lowest BCUT2D eigenvalue weighted by Gasteiger charge is -2.10. The van der Waals surface area contributed by atoms with Gasteiger partial charge in [-0.2, -0.15) is 0 Å². The van der Waals surface area contributed by atoms with Crippen LogP contribution in [-0.2, 0) is 4.79 Å². The predicted octanol–water partition coefficient (Wildman–Crippen LogP) is 2.22. The van der Waals surface area contributed by atoms with Crippen LogP contribution in [0, 0.1) is 0 Å². The number of hydroxylamine groups is 2. The summed E-state index contributed by atoms with van der Waals surface area (Å²) >= 11 is 11.5. The quantitative estimate of drug-likeness (QED) is 0.495. The smallest absolute Gasteiger partial charge is 0.233 e. The van der Waals surface area contributed by atoms with Crippen LogP contribution in [0.3, 0.4) is 0 Å². The molecule has 1 amide bonds. The molecule has 0 aliphatic rings. The van der Waals surface area contributed by atoms with E-state index in [-0.39, 0.29) is 13.2 Å². The van der Waals surface area contributed by atoms with Gasteiger partial charge in [0.15, 0.2) is 0 Å². The van der Waals surface area contributed by atoms with Crippen LogP contribution in [-0.4, -0.2) is 29.8 Å². The monoisotopic (exact) mass is 249 g/mol. The van der Waals surface area contributed by atoms with Gasteiger partial charge in [0.1, 0.15) is 12.4 Å². The topological polar surface area (TPSA) is 49.8 Å². The highest BCUT2D eigenvalue weighted by Gasteiger charge is 2.00. The minimum Gasteiger partial charge on any atom is -0.492 e. The number of carbonyl (C=O) groups excluding carboxylic acids is 1. The summed E-state index contributed by atoms with van der Waals surface area (Å²) in [5.74, 6) is 0.492. The van der Waals surface area contributed by atoms with Gasteiger partial charge in [0.2, 0.25) is 6.41 Å². The van der Waals surface area contributed by atoms with Crippen LogP contribution in [0.25, 0.3) is 0 Å².